The van der Waals surface area contributed by atoms with E-state index in [0.717, 1.165) is 10.8 Å². The number of hydrogen-bond acceptors (Lipinski definition) is 5. The first-order valence-electron chi connectivity index (χ1n) is 10.0. The smallest absolute Gasteiger partial charge is 0.270 e. The maximum absolute atomic E-state index is 13.1. The van der Waals surface area contributed by atoms with Crippen LogP contribution in [0.15, 0.2) is 77.7 Å². The molecule has 1 fully saturated rings. The molecule has 1 aliphatic rings. The molecule has 164 valence electrons. The molecule has 0 spiro atoms. The van der Waals surface area contributed by atoms with Gasteiger partial charge in [0.2, 0.25) is 15.9 Å². The summed E-state index contributed by atoms with van der Waals surface area (Å²) in [5, 5.41) is 12.7. The van der Waals surface area contributed by atoms with Crippen molar-refractivity contribution in [3.05, 3.63) is 88.5 Å². The number of hydrogen-bond donors (Lipinski definition) is 0. The lowest BCUT2D eigenvalue weighted by atomic mass is 10.1. The molecule has 1 heterocycles. The summed E-state index contributed by atoms with van der Waals surface area (Å²) in [6.07, 6.45) is 2.88. The Hall–Kier alpha value is -3.56. The Morgan fingerprint density at radius 1 is 0.906 bits per heavy atom. The van der Waals surface area contributed by atoms with Crippen LogP contribution in [-0.4, -0.2) is 54.6 Å². The van der Waals surface area contributed by atoms with E-state index in [9.17, 15) is 23.3 Å². The zero-order valence-corrected chi connectivity index (χ0v) is 17.9. The van der Waals surface area contributed by atoms with E-state index in [1.54, 1.807) is 35.2 Å². The third-order valence-corrected chi connectivity index (χ3v) is 7.30. The fourth-order valence-corrected chi connectivity index (χ4v) is 5.10. The van der Waals surface area contributed by atoms with Gasteiger partial charge in [-0.3, -0.25) is 14.9 Å². The van der Waals surface area contributed by atoms with E-state index >= 15 is 0 Å². The molecule has 0 radical (unpaired) electrons. The number of piperazine rings is 1. The van der Waals surface area contributed by atoms with Gasteiger partial charge in [-0.1, -0.05) is 42.5 Å². The molecule has 0 unspecified atom stereocenters. The van der Waals surface area contributed by atoms with Crippen molar-refractivity contribution in [1.82, 2.24) is 9.21 Å². The van der Waals surface area contributed by atoms with Crippen LogP contribution in [0.1, 0.15) is 5.56 Å². The zero-order valence-electron chi connectivity index (χ0n) is 17.1. The molecular weight excluding hydrogens is 430 g/mol. The standard InChI is InChI=1S/C23H21N3O5S/c27-23(11-8-18-4-3-7-21(16-18)26(28)29)24-12-14-25(15-13-24)32(30,31)22-10-9-19-5-1-2-6-20(19)17-22/h1-11,16-17H,12-15H2. The monoisotopic (exact) mass is 451 g/mol. The van der Waals surface area contributed by atoms with Crippen LogP contribution < -0.4 is 0 Å². The molecule has 0 aliphatic carbocycles. The third-order valence-electron chi connectivity index (χ3n) is 5.41. The van der Waals surface area contributed by atoms with Gasteiger partial charge in [0.25, 0.3) is 5.69 Å². The van der Waals surface area contributed by atoms with Gasteiger partial charge in [-0.15, -0.1) is 0 Å². The van der Waals surface area contributed by atoms with Gasteiger partial charge < -0.3 is 4.90 Å². The van der Waals surface area contributed by atoms with Crippen LogP contribution >= 0.6 is 0 Å². The highest BCUT2D eigenvalue weighted by Gasteiger charge is 2.29. The van der Waals surface area contributed by atoms with Crippen LogP contribution in [0.2, 0.25) is 0 Å². The molecule has 0 N–H and O–H groups in total. The maximum atomic E-state index is 13.1. The lowest BCUT2D eigenvalue weighted by Gasteiger charge is -2.33. The molecule has 1 saturated heterocycles. The minimum atomic E-state index is -3.66. The van der Waals surface area contributed by atoms with E-state index in [-0.39, 0.29) is 42.7 Å². The van der Waals surface area contributed by atoms with Crippen LogP contribution in [-0.2, 0) is 14.8 Å². The molecule has 0 aromatic heterocycles. The predicted molar refractivity (Wildman–Crippen MR) is 121 cm³/mol. The molecule has 0 bridgehead atoms. The van der Waals surface area contributed by atoms with Crippen molar-refractivity contribution in [3.63, 3.8) is 0 Å². The van der Waals surface area contributed by atoms with Crippen molar-refractivity contribution in [2.75, 3.05) is 26.2 Å². The third kappa shape index (κ3) is 4.53. The van der Waals surface area contributed by atoms with E-state index in [4.69, 9.17) is 0 Å². The number of amides is 1. The number of nitro groups is 1. The second-order valence-corrected chi connectivity index (χ2v) is 9.36. The summed E-state index contributed by atoms with van der Waals surface area (Å²) in [5.41, 5.74) is 0.497. The van der Waals surface area contributed by atoms with E-state index < -0.39 is 14.9 Å². The van der Waals surface area contributed by atoms with Gasteiger partial charge in [-0.2, -0.15) is 4.31 Å². The normalized spacial score (nSPS) is 15.3. The number of non-ortho nitro benzene ring substituents is 1. The summed E-state index contributed by atoms with van der Waals surface area (Å²) in [6, 6.07) is 18.6. The minimum Gasteiger partial charge on any atom is -0.337 e. The summed E-state index contributed by atoms with van der Waals surface area (Å²) in [6.45, 7) is 0.937. The van der Waals surface area contributed by atoms with Crippen LogP contribution in [0.5, 0.6) is 0 Å². The van der Waals surface area contributed by atoms with E-state index in [1.807, 2.05) is 24.3 Å². The first kappa shape index (κ1) is 21.7. The molecule has 0 atom stereocenters. The Labute approximate surface area is 185 Å². The summed E-state index contributed by atoms with van der Waals surface area (Å²) < 4.78 is 27.5. The number of benzene rings is 3. The maximum Gasteiger partial charge on any atom is 0.270 e. The van der Waals surface area contributed by atoms with Crippen molar-refractivity contribution in [3.8, 4) is 0 Å². The number of carbonyl (C=O) groups excluding carboxylic acids is 1. The number of fused-ring (bicyclic) bond motifs is 1. The number of carbonyl (C=O) groups is 1. The summed E-state index contributed by atoms with van der Waals surface area (Å²) in [4.78, 5) is 24.7. The quantitative estimate of drug-likeness (QED) is 0.337. The first-order valence-corrected chi connectivity index (χ1v) is 11.5. The van der Waals surface area contributed by atoms with E-state index in [0.29, 0.717) is 5.56 Å². The van der Waals surface area contributed by atoms with Crippen LogP contribution in [0.25, 0.3) is 16.8 Å². The van der Waals surface area contributed by atoms with Gasteiger partial charge in [0.05, 0.1) is 9.82 Å². The second-order valence-electron chi connectivity index (χ2n) is 7.42. The number of nitrogens with zero attached hydrogens (tertiary/aromatic N) is 3. The largest absolute Gasteiger partial charge is 0.337 e. The Morgan fingerprint density at radius 2 is 1.62 bits per heavy atom. The first-order chi connectivity index (χ1) is 15.3. The molecule has 32 heavy (non-hydrogen) atoms. The van der Waals surface area contributed by atoms with Crippen LogP contribution in [0, 0.1) is 10.1 Å². The Morgan fingerprint density at radius 3 is 2.34 bits per heavy atom. The molecular formula is C23H21N3O5S. The Kier molecular flexibility index (Phi) is 6.02. The van der Waals surface area contributed by atoms with Crippen molar-refractivity contribution >= 4 is 38.5 Å². The van der Waals surface area contributed by atoms with Crippen molar-refractivity contribution < 1.29 is 18.1 Å². The van der Waals surface area contributed by atoms with E-state index in [2.05, 4.69) is 0 Å². The van der Waals surface area contributed by atoms with Crippen LogP contribution in [0.3, 0.4) is 0 Å². The number of sulfonamides is 1. The van der Waals surface area contributed by atoms with Gasteiger partial charge in [-0.05, 0) is 34.5 Å². The molecule has 9 heteroatoms. The van der Waals surface area contributed by atoms with E-state index in [1.165, 1.54) is 28.6 Å². The zero-order chi connectivity index (χ0) is 22.7. The van der Waals surface area contributed by atoms with Gasteiger partial charge in [0.1, 0.15) is 0 Å². The van der Waals surface area contributed by atoms with Gasteiger partial charge >= 0.3 is 0 Å². The molecule has 3 aromatic carbocycles. The number of rotatable bonds is 5. The average molecular weight is 452 g/mol. The molecule has 4 rings (SSSR count). The van der Waals surface area contributed by atoms with Gasteiger partial charge in [-0.25, -0.2) is 8.42 Å². The highest BCUT2D eigenvalue weighted by Crippen LogP contribution is 2.23. The van der Waals surface area contributed by atoms with Gasteiger partial charge in [0.15, 0.2) is 0 Å². The average Bonchev–Trinajstić information content (AvgIpc) is 2.82. The molecule has 1 aliphatic heterocycles. The number of nitro benzene ring substituents is 1. The summed E-state index contributed by atoms with van der Waals surface area (Å²) in [5.74, 6) is -0.265. The fourth-order valence-electron chi connectivity index (χ4n) is 3.64. The fraction of sp³-hybridized carbons (Fsp3) is 0.174. The minimum absolute atomic E-state index is 0.0490. The summed E-state index contributed by atoms with van der Waals surface area (Å²) in [7, 11) is -3.66. The lowest BCUT2D eigenvalue weighted by molar-refractivity contribution is -0.384. The highest BCUT2D eigenvalue weighted by molar-refractivity contribution is 7.89. The molecule has 1 amide bonds. The Bertz CT molecular complexity index is 1310. The highest BCUT2D eigenvalue weighted by atomic mass is 32.2. The molecule has 0 saturated carbocycles. The van der Waals surface area contributed by atoms with Crippen molar-refractivity contribution in [1.29, 1.82) is 0 Å². The predicted octanol–water partition coefficient (Wildman–Crippen LogP) is 3.29. The lowest BCUT2D eigenvalue weighted by Crippen LogP contribution is -2.50. The van der Waals surface area contributed by atoms with Crippen molar-refractivity contribution in [2.45, 2.75) is 4.90 Å². The molecule has 3 aromatic rings. The second kappa shape index (κ2) is 8.89. The van der Waals surface area contributed by atoms with Gasteiger partial charge in [0, 0.05) is 44.4 Å². The topological polar surface area (TPSA) is 101 Å². The van der Waals surface area contributed by atoms with Crippen LogP contribution in [0.4, 0.5) is 5.69 Å². The Balaban J connectivity index is 1.41. The van der Waals surface area contributed by atoms with Crippen molar-refractivity contribution in [2.24, 2.45) is 0 Å². The summed E-state index contributed by atoms with van der Waals surface area (Å²) >= 11 is 0. The molecule has 8 nitrogen and oxygen atoms in total. The SMILES string of the molecule is O=C(C=Cc1cccc([N+](=O)[O-])c1)N1CCN(S(=O)(=O)c2ccc3ccccc3c2)CC1.